The van der Waals surface area contributed by atoms with Gasteiger partial charge in [0.25, 0.3) is 0 Å². The molecule has 5 nitrogen and oxygen atoms in total. The first-order chi connectivity index (χ1) is 12.7. The number of hydrogen-bond donors (Lipinski definition) is 2. The van der Waals surface area contributed by atoms with Crippen molar-refractivity contribution in [1.29, 1.82) is 0 Å². The van der Waals surface area contributed by atoms with Gasteiger partial charge >= 0.3 is 0 Å². The Balaban J connectivity index is 1.76. The molecule has 0 aliphatic carbocycles. The normalized spacial score (nSPS) is 11.8. The van der Waals surface area contributed by atoms with Crippen LogP contribution < -0.4 is 15.4 Å². The molecule has 1 heterocycles. The third-order valence-corrected chi connectivity index (χ3v) is 4.17. The predicted octanol–water partition coefficient (Wildman–Crippen LogP) is 4.41. The quantitative estimate of drug-likeness (QED) is 0.646. The topological polar surface area (TPSA) is 63.5 Å². The van der Waals surface area contributed by atoms with Gasteiger partial charge < -0.3 is 14.5 Å². The zero-order valence-corrected chi connectivity index (χ0v) is 15.0. The van der Waals surface area contributed by atoms with Crippen LogP contribution >= 0.6 is 11.6 Å². The summed E-state index contributed by atoms with van der Waals surface area (Å²) < 4.78 is 10.5. The van der Waals surface area contributed by atoms with Crippen LogP contribution in [-0.4, -0.2) is 13.0 Å². The largest absolute Gasteiger partial charge is 0.495 e. The SMILES string of the molecule is COc1ccc(NC(=O)[C@@H](NCc2ccco2)c2ccccc2)cc1Cl. The highest BCUT2D eigenvalue weighted by Crippen LogP contribution is 2.28. The van der Waals surface area contributed by atoms with Crippen LogP contribution in [0, 0.1) is 0 Å². The molecule has 0 bridgehead atoms. The van der Waals surface area contributed by atoms with E-state index in [4.69, 9.17) is 20.8 Å². The van der Waals surface area contributed by atoms with Crippen molar-refractivity contribution >= 4 is 23.2 Å². The summed E-state index contributed by atoms with van der Waals surface area (Å²) in [6, 6.07) is 17.8. The molecule has 26 heavy (non-hydrogen) atoms. The molecule has 1 aromatic heterocycles. The van der Waals surface area contributed by atoms with Crippen molar-refractivity contribution < 1.29 is 13.9 Å². The van der Waals surface area contributed by atoms with Crippen LogP contribution in [0.5, 0.6) is 5.75 Å². The van der Waals surface area contributed by atoms with Gasteiger partial charge in [-0.2, -0.15) is 0 Å². The second-order valence-corrected chi connectivity index (χ2v) is 6.05. The Hall–Kier alpha value is -2.76. The molecular formula is C20H19ClN2O3. The third-order valence-electron chi connectivity index (χ3n) is 3.87. The fourth-order valence-electron chi connectivity index (χ4n) is 2.58. The van der Waals surface area contributed by atoms with Crippen LogP contribution in [0.15, 0.2) is 71.3 Å². The average Bonchev–Trinajstić information content (AvgIpc) is 3.16. The molecule has 6 heteroatoms. The van der Waals surface area contributed by atoms with Gasteiger partial charge in [0.2, 0.25) is 5.91 Å². The van der Waals surface area contributed by atoms with E-state index in [9.17, 15) is 4.79 Å². The highest BCUT2D eigenvalue weighted by atomic mass is 35.5. The van der Waals surface area contributed by atoms with Crippen LogP contribution in [-0.2, 0) is 11.3 Å². The molecule has 3 aromatic rings. The number of benzene rings is 2. The lowest BCUT2D eigenvalue weighted by atomic mass is 10.1. The lowest BCUT2D eigenvalue weighted by Crippen LogP contribution is -2.32. The molecule has 0 saturated carbocycles. The number of nitrogens with one attached hydrogen (secondary N) is 2. The number of halogens is 1. The van der Waals surface area contributed by atoms with Crippen molar-refractivity contribution in [2.75, 3.05) is 12.4 Å². The van der Waals surface area contributed by atoms with Crippen LogP contribution in [0.2, 0.25) is 5.02 Å². The van der Waals surface area contributed by atoms with E-state index in [0.717, 1.165) is 11.3 Å². The Morgan fingerprint density at radius 2 is 1.96 bits per heavy atom. The first kappa shape index (κ1) is 18.0. The van der Waals surface area contributed by atoms with Crippen molar-refractivity contribution in [3.63, 3.8) is 0 Å². The molecule has 1 atom stereocenters. The number of methoxy groups -OCH3 is 1. The Labute approximate surface area is 156 Å². The van der Waals surface area contributed by atoms with Gasteiger partial charge in [0.15, 0.2) is 0 Å². The molecule has 2 aromatic carbocycles. The van der Waals surface area contributed by atoms with Gasteiger partial charge in [-0.1, -0.05) is 41.9 Å². The predicted molar refractivity (Wildman–Crippen MR) is 101 cm³/mol. The summed E-state index contributed by atoms with van der Waals surface area (Å²) in [6.45, 7) is 0.434. The van der Waals surface area contributed by atoms with Crippen molar-refractivity contribution in [1.82, 2.24) is 5.32 Å². The molecular weight excluding hydrogens is 352 g/mol. The van der Waals surface area contributed by atoms with E-state index in [1.54, 1.807) is 31.6 Å². The monoisotopic (exact) mass is 370 g/mol. The molecule has 0 fully saturated rings. The Bertz CT molecular complexity index is 851. The van der Waals surface area contributed by atoms with Gasteiger partial charge in [-0.15, -0.1) is 0 Å². The number of furan rings is 1. The van der Waals surface area contributed by atoms with Gasteiger partial charge in [0, 0.05) is 5.69 Å². The maximum Gasteiger partial charge on any atom is 0.246 e. The summed E-state index contributed by atoms with van der Waals surface area (Å²) >= 11 is 6.13. The van der Waals surface area contributed by atoms with E-state index < -0.39 is 6.04 Å². The summed E-state index contributed by atoms with van der Waals surface area (Å²) in [7, 11) is 1.55. The lowest BCUT2D eigenvalue weighted by molar-refractivity contribution is -0.118. The highest BCUT2D eigenvalue weighted by Gasteiger charge is 2.21. The first-order valence-electron chi connectivity index (χ1n) is 8.12. The van der Waals surface area contributed by atoms with Crippen LogP contribution in [0.4, 0.5) is 5.69 Å². The van der Waals surface area contributed by atoms with Gasteiger partial charge in [-0.25, -0.2) is 0 Å². The van der Waals surface area contributed by atoms with Gasteiger partial charge in [0.05, 0.1) is 24.9 Å². The summed E-state index contributed by atoms with van der Waals surface area (Å²) in [6.07, 6.45) is 1.61. The zero-order chi connectivity index (χ0) is 18.4. The zero-order valence-electron chi connectivity index (χ0n) is 14.2. The minimum atomic E-state index is -0.540. The molecule has 0 unspecified atom stereocenters. The molecule has 0 aliphatic rings. The van der Waals surface area contributed by atoms with E-state index in [1.807, 2.05) is 42.5 Å². The molecule has 3 rings (SSSR count). The Kier molecular flexibility index (Phi) is 5.94. The minimum Gasteiger partial charge on any atom is -0.495 e. The van der Waals surface area contributed by atoms with Crippen LogP contribution in [0.1, 0.15) is 17.4 Å². The third kappa shape index (κ3) is 4.45. The van der Waals surface area contributed by atoms with Crippen molar-refractivity contribution in [3.05, 3.63) is 83.3 Å². The smallest absolute Gasteiger partial charge is 0.246 e. The second kappa shape index (κ2) is 8.56. The van der Waals surface area contributed by atoms with E-state index >= 15 is 0 Å². The van der Waals surface area contributed by atoms with Gasteiger partial charge in [-0.05, 0) is 35.9 Å². The first-order valence-corrected chi connectivity index (χ1v) is 8.50. The average molecular weight is 371 g/mol. The van der Waals surface area contributed by atoms with Crippen molar-refractivity contribution in [2.45, 2.75) is 12.6 Å². The maximum absolute atomic E-state index is 12.9. The molecule has 0 spiro atoms. The number of carbonyl (C=O) groups excluding carboxylic acids is 1. The number of amides is 1. The van der Waals surface area contributed by atoms with Crippen molar-refractivity contribution in [2.24, 2.45) is 0 Å². The minimum absolute atomic E-state index is 0.191. The molecule has 0 saturated heterocycles. The second-order valence-electron chi connectivity index (χ2n) is 5.64. The fraction of sp³-hybridized carbons (Fsp3) is 0.150. The van der Waals surface area contributed by atoms with Crippen LogP contribution in [0.3, 0.4) is 0 Å². The van der Waals surface area contributed by atoms with E-state index in [2.05, 4.69) is 10.6 Å². The molecule has 0 radical (unpaired) electrons. The van der Waals surface area contributed by atoms with Crippen molar-refractivity contribution in [3.8, 4) is 5.75 Å². The van der Waals surface area contributed by atoms with E-state index in [0.29, 0.717) is 23.0 Å². The molecule has 2 N–H and O–H groups in total. The maximum atomic E-state index is 12.9. The summed E-state index contributed by atoms with van der Waals surface area (Å²) in [5.41, 5.74) is 1.46. The summed E-state index contributed by atoms with van der Waals surface area (Å²) in [5.74, 6) is 1.12. The lowest BCUT2D eigenvalue weighted by Gasteiger charge is -2.19. The molecule has 1 amide bonds. The standard InChI is InChI=1S/C20H19ClN2O3/c1-25-18-10-9-15(12-17(18)21)23-20(24)19(14-6-3-2-4-7-14)22-13-16-8-5-11-26-16/h2-12,19,22H,13H2,1H3,(H,23,24)/t19-/m0/s1. The molecule has 134 valence electrons. The number of carbonyl (C=O) groups is 1. The van der Waals surface area contributed by atoms with Crippen LogP contribution in [0.25, 0.3) is 0 Å². The number of rotatable bonds is 7. The number of ether oxygens (including phenoxy) is 1. The Morgan fingerprint density at radius 3 is 2.62 bits per heavy atom. The fourth-order valence-corrected chi connectivity index (χ4v) is 2.84. The number of hydrogen-bond acceptors (Lipinski definition) is 4. The molecule has 0 aliphatic heterocycles. The Morgan fingerprint density at radius 1 is 1.15 bits per heavy atom. The summed E-state index contributed by atoms with van der Waals surface area (Å²) in [5, 5.41) is 6.56. The van der Waals surface area contributed by atoms with Gasteiger partial charge in [0.1, 0.15) is 17.6 Å². The number of anilines is 1. The van der Waals surface area contributed by atoms with E-state index in [-0.39, 0.29) is 5.91 Å². The van der Waals surface area contributed by atoms with Gasteiger partial charge in [-0.3, -0.25) is 10.1 Å². The highest BCUT2D eigenvalue weighted by molar-refractivity contribution is 6.32. The summed E-state index contributed by atoms with van der Waals surface area (Å²) in [4.78, 5) is 12.9. The van der Waals surface area contributed by atoms with E-state index in [1.165, 1.54) is 0 Å².